The minimum Gasteiger partial charge on any atom is -0.322 e. The van der Waals surface area contributed by atoms with Gasteiger partial charge in [-0.3, -0.25) is 4.79 Å². The highest BCUT2D eigenvalue weighted by atomic mass is 35.5. The number of carbonyl (C=O) groups is 1. The Labute approximate surface area is 178 Å². The molecule has 152 valence electrons. The Morgan fingerprint density at radius 2 is 1.73 bits per heavy atom. The van der Waals surface area contributed by atoms with E-state index >= 15 is 0 Å². The predicted octanol–water partition coefficient (Wildman–Crippen LogP) is 6.53. The van der Waals surface area contributed by atoms with Crippen molar-refractivity contribution >= 4 is 34.5 Å². The van der Waals surface area contributed by atoms with E-state index in [2.05, 4.69) is 10.4 Å². The molecule has 4 nitrogen and oxygen atoms in total. The van der Waals surface area contributed by atoms with E-state index in [1.165, 1.54) is 28.2 Å². The second kappa shape index (κ2) is 7.97. The first-order chi connectivity index (χ1) is 14.3. The first-order valence-electron chi connectivity index (χ1n) is 8.70. The number of hydrogen-bond donors (Lipinski definition) is 1. The number of rotatable bonds is 4. The quantitative estimate of drug-likeness (QED) is 0.387. The second-order valence-corrected chi connectivity index (χ2v) is 7.69. The highest BCUT2D eigenvalue weighted by Gasteiger charge is 2.35. The molecule has 2 aromatic carbocycles. The van der Waals surface area contributed by atoms with E-state index in [-0.39, 0.29) is 5.91 Å². The fourth-order valence-electron chi connectivity index (χ4n) is 2.81. The van der Waals surface area contributed by atoms with Gasteiger partial charge in [-0.2, -0.15) is 18.3 Å². The Hall–Kier alpha value is -3.10. The molecule has 2 aromatic heterocycles. The summed E-state index contributed by atoms with van der Waals surface area (Å²) in [4.78, 5) is 13.1. The molecule has 0 radical (unpaired) electrons. The zero-order chi connectivity index (χ0) is 21.3. The van der Waals surface area contributed by atoms with E-state index in [1.807, 2.05) is 0 Å². The standard InChI is InChI=1S/C21H13ClF3N3OS/c22-14-5-7-15(8-6-14)26-20(29)13-3-9-16(10-4-13)28-17(18-2-1-11-30-18)12-19(27-28)21(23,24)25/h1-12H,(H,26,29). The lowest BCUT2D eigenvalue weighted by Gasteiger charge is -2.09. The molecule has 0 saturated carbocycles. The predicted molar refractivity (Wildman–Crippen MR) is 111 cm³/mol. The Kier molecular flexibility index (Phi) is 5.36. The van der Waals surface area contributed by atoms with Crippen LogP contribution in [0.25, 0.3) is 16.3 Å². The summed E-state index contributed by atoms with van der Waals surface area (Å²) < 4.78 is 40.9. The van der Waals surface area contributed by atoms with Gasteiger partial charge in [0.05, 0.1) is 16.3 Å². The van der Waals surface area contributed by atoms with Crippen molar-refractivity contribution in [1.82, 2.24) is 9.78 Å². The van der Waals surface area contributed by atoms with Crippen molar-refractivity contribution in [2.24, 2.45) is 0 Å². The maximum atomic E-state index is 13.2. The minimum absolute atomic E-state index is 0.329. The summed E-state index contributed by atoms with van der Waals surface area (Å²) in [7, 11) is 0. The molecule has 0 unspecified atom stereocenters. The van der Waals surface area contributed by atoms with Gasteiger partial charge in [-0.1, -0.05) is 17.7 Å². The van der Waals surface area contributed by atoms with E-state index in [0.29, 0.717) is 32.5 Å². The Bertz CT molecular complexity index is 1170. The van der Waals surface area contributed by atoms with Crippen LogP contribution in [0.5, 0.6) is 0 Å². The van der Waals surface area contributed by atoms with Gasteiger partial charge in [0.1, 0.15) is 0 Å². The highest BCUT2D eigenvalue weighted by molar-refractivity contribution is 7.13. The lowest BCUT2D eigenvalue weighted by atomic mass is 10.2. The Balaban J connectivity index is 1.63. The molecule has 30 heavy (non-hydrogen) atoms. The van der Waals surface area contributed by atoms with Crippen LogP contribution in [0.2, 0.25) is 5.02 Å². The molecule has 0 aliphatic rings. The Morgan fingerprint density at radius 1 is 1.03 bits per heavy atom. The number of nitrogens with zero attached hydrogens (tertiary/aromatic N) is 2. The van der Waals surface area contributed by atoms with Gasteiger partial charge in [0.15, 0.2) is 5.69 Å². The van der Waals surface area contributed by atoms with Gasteiger partial charge in [0.2, 0.25) is 0 Å². The molecular formula is C21H13ClF3N3OS. The number of halogens is 4. The van der Waals surface area contributed by atoms with Crippen LogP contribution >= 0.6 is 22.9 Å². The summed E-state index contributed by atoms with van der Waals surface area (Å²) in [6.45, 7) is 0. The molecular weight excluding hydrogens is 435 g/mol. The summed E-state index contributed by atoms with van der Waals surface area (Å²) in [5, 5.41) is 8.81. The van der Waals surface area contributed by atoms with Crippen LogP contribution < -0.4 is 5.32 Å². The van der Waals surface area contributed by atoms with Crippen molar-refractivity contribution in [2.45, 2.75) is 6.18 Å². The summed E-state index contributed by atoms with van der Waals surface area (Å²) >= 11 is 7.15. The van der Waals surface area contributed by atoms with Crippen molar-refractivity contribution in [3.8, 4) is 16.3 Å². The van der Waals surface area contributed by atoms with Crippen LogP contribution in [0.1, 0.15) is 16.1 Å². The van der Waals surface area contributed by atoms with E-state index in [4.69, 9.17) is 11.6 Å². The van der Waals surface area contributed by atoms with Crippen molar-refractivity contribution in [3.05, 3.63) is 88.4 Å². The molecule has 2 heterocycles. The lowest BCUT2D eigenvalue weighted by molar-refractivity contribution is -0.141. The van der Waals surface area contributed by atoms with Crippen LogP contribution in [-0.2, 0) is 6.18 Å². The van der Waals surface area contributed by atoms with E-state index < -0.39 is 11.9 Å². The topological polar surface area (TPSA) is 46.9 Å². The molecule has 0 spiro atoms. The monoisotopic (exact) mass is 447 g/mol. The second-order valence-electron chi connectivity index (χ2n) is 6.31. The number of benzene rings is 2. The van der Waals surface area contributed by atoms with Crippen molar-refractivity contribution in [2.75, 3.05) is 5.32 Å². The molecule has 4 rings (SSSR count). The number of hydrogen-bond acceptors (Lipinski definition) is 3. The maximum Gasteiger partial charge on any atom is 0.435 e. The molecule has 0 saturated heterocycles. The number of amides is 1. The van der Waals surface area contributed by atoms with Gasteiger partial charge in [0, 0.05) is 16.3 Å². The largest absolute Gasteiger partial charge is 0.435 e. The summed E-state index contributed by atoms with van der Waals surface area (Å²) in [5.41, 5.74) is 0.702. The fourth-order valence-corrected chi connectivity index (χ4v) is 3.66. The van der Waals surface area contributed by atoms with Gasteiger partial charge in [-0.15, -0.1) is 11.3 Å². The van der Waals surface area contributed by atoms with Gasteiger partial charge in [-0.25, -0.2) is 4.68 Å². The number of anilines is 1. The highest BCUT2D eigenvalue weighted by Crippen LogP contribution is 2.34. The zero-order valence-corrected chi connectivity index (χ0v) is 16.7. The van der Waals surface area contributed by atoms with Crippen LogP contribution in [0.3, 0.4) is 0 Å². The summed E-state index contributed by atoms with van der Waals surface area (Å²) in [5.74, 6) is -0.348. The number of aromatic nitrogens is 2. The molecule has 0 atom stereocenters. The van der Waals surface area contributed by atoms with Crippen LogP contribution in [-0.4, -0.2) is 15.7 Å². The third-order valence-electron chi connectivity index (χ3n) is 4.25. The summed E-state index contributed by atoms with van der Waals surface area (Å²) in [6.07, 6.45) is -4.56. The third-order valence-corrected chi connectivity index (χ3v) is 5.39. The molecule has 1 N–H and O–H groups in total. The number of carbonyl (C=O) groups excluding carboxylic acids is 1. The average Bonchev–Trinajstić information content (AvgIpc) is 3.39. The molecule has 0 bridgehead atoms. The van der Waals surface area contributed by atoms with E-state index in [0.717, 1.165) is 6.07 Å². The third kappa shape index (κ3) is 4.24. The van der Waals surface area contributed by atoms with Crippen molar-refractivity contribution < 1.29 is 18.0 Å². The van der Waals surface area contributed by atoms with Crippen LogP contribution in [0.4, 0.5) is 18.9 Å². The van der Waals surface area contributed by atoms with Crippen LogP contribution in [0.15, 0.2) is 72.1 Å². The summed E-state index contributed by atoms with van der Waals surface area (Å²) in [6, 6.07) is 17.3. The van der Waals surface area contributed by atoms with E-state index in [1.54, 1.807) is 53.9 Å². The smallest absolute Gasteiger partial charge is 0.322 e. The van der Waals surface area contributed by atoms with Gasteiger partial charge in [-0.05, 0) is 66.0 Å². The minimum atomic E-state index is -4.56. The molecule has 0 aliphatic carbocycles. The maximum absolute atomic E-state index is 13.2. The Morgan fingerprint density at radius 3 is 2.33 bits per heavy atom. The molecule has 9 heteroatoms. The number of alkyl halides is 3. The van der Waals surface area contributed by atoms with Crippen molar-refractivity contribution in [3.63, 3.8) is 0 Å². The average molecular weight is 448 g/mol. The fraction of sp³-hybridized carbons (Fsp3) is 0.0476. The van der Waals surface area contributed by atoms with Gasteiger partial charge < -0.3 is 5.32 Å². The van der Waals surface area contributed by atoms with Gasteiger partial charge >= 0.3 is 6.18 Å². The van der Waals surface area contributed by atoms with Crippen LogP contribution in [0, 0.1) is 0 Å². The van der Waals surface area contributed by atoms with E-state index in [9.17, 15) is 18.0 Å². The number of thiophene rings is 1. The first kappa shape index (κ1) is 20.2. The zero-order valence-electron chi connectivity index (χ0n) is 15.2. The molecule has 1 amide bonds. The molecule has 0 aliphatic heterocycles. The lowest BCUT2D eigenvalue weighted by Crippen LogP contribution is -2.12. The van der Waals surface area contributed by atoms with Crippen molar-refractivity contribution in [1.29, 1.82) is 0 Å². The molecule has 4 aromatic rings. The molecule has 0 fully saturated rings. The normalized spacial score (nSPS) is 11.5. The number of nitrogens with one attached hydrogen (secondary N) is 1. The SMILES string of the molecule is O=C(Nc1ccc(Cl)cc1)c1ccc(-n2nc(C(F)(F)F)cc2-c2cccs2)cc1. The van der Waals surface area contributed by atoms with Gasteiger partial charge in [0.25, 0.3) is 5.91 Å². The first-order valence-corrected chi connectivity index (χ1v) is 9.95.